The molecule has 2 saturated heterocycles. The number of carbonyl (C=O) groups excluding carboxylic acids is 3. The van der Waals surface area contributed by atoms with E-state index in [9.17, 15) is 14.4 Å². The molecular formula is C36H60N4O3S. The molecule has 4 amide bonds. The molecule has 2 aliphatic heterocycles. The van der Waals surface area contributed by atoms with Gasteiger partial charge >= 0.3 is 6.03 Å². The summed E-state index contributed by atoms with van der Waals surface area (Å²) in [6.07, 6.45) is 19.4. The van der Waals surface area contributed by atoms with Crippen molar-refractivity contribution in [2.24, 2.45) is 46.3 Å². The van der Waals surface area contributed by atoms with Crippen LogP contribution in [0, 0.1) is 46.3 Å². The fourth-order valence-corrected chi connectivity index (χ4v) is 13.2. The maximum atomic E-state index is 12.7. The van der Waals surface area contributed by atoms with Crippen molar-refractivity contribution in [3.05, 3.63) is 0 Å². The van der Waals surface area contributed by atoms with E-state index in [2.05, 4.69) is 42.0 Å². The third-order valence-corrected chi connectivity index (χ3v) is 15.5. The predicted molar refractivity (Wildman–Crippen MR) is 178 cm³/mol. The van der Waals surface area contributed by atoms with E-state index in [0.717, 1.165) is 61.0 Å². The van der Waals surface area contributed by atoms with Crippen molar-refractivity contribution in [3.8, 4) is 0 Å². The lowest BCUT2D eigenvalue weighted by atomic mass is 9.44. The zero-order valence-corrected chi connectivity index (χ0v) is 28.6. The molecule has 2 heterocycles. The van der Waals surface area contributed by atoms with Gasteiger partial charge in [0.05, 0.1) is 12.1 Å². The second-order valence-corrected chi connectivity index (χ2v) is 17.5. The number of rotatable bonds is 12. The molecule has 4 N–H and O–H groups in total. The third-order valence-electron chi connectivity index (χ3n) is 14.0. The van der Waals surface area contributed by atoms with Crippen LogP contribution in [0.15, 0.2) is 0 Å². The van der Waals surface area contributed by atoms with Gasteiger partial charge in [-0.25, -0.2) is 4.79 Å². The van der Waals surface area contributed by atoms with Crippen LogP contribution >= 0.6 is 11.8 Å². The van der Waals surface area contributed by atoms with E-state index in [0.29, 0.717) is 47.9 Å². The van der Waals surface area contributed by atoms with Gasteiger partial charge in [-0.2, -0.15) is 11.8 Å². The number of urea groups is 1. The molecule has 0 bridgehead atoms. The summed E-state index contributed by atoms with van der Waals surface area (Å²) in [6.45, 7) is 8.72. The molecule has 0 spiro atoms. The molecule has 7 nitrogen and oxygen atoms in total. The van der Waals surface area contributed by atoms with Crippen molar-refractivity contribution in [1.29, 1.82) is 0 Å². The summed E-state index contributed by atoms with van der Waals surface area (Å²) in [7, 11) is 0. The lowest BCUT2D eigenvalue weighted by Gasteiger charge is -2.61. The monoisotopic (exact) mass is 628 g/mol. The zero-order valence-electron chi connectivity index (χ0n) is 27.8. The second kappa shape index (κ2) is 13.7. The molecule has 8 heteroatoms. The minimum Gasteiger partial charge on any atom is -0.354 e. The van der Waals surface area contributed by atoms with E-state index in [-0.39, 0.29) is 29.9 Å². The zero-order chi connectivity index (χ0) is 30.9. The van der Waals surface area contributed by atoms with E-state index in [1.807, 2.05) is 11.8 Å². The SMILES string of the molecule is C[C@H](CCC(=O)NCCNC(=O)CCCC[C@@H]1SCC2NC(=O)NC21)C1CCC2C3CCC4CCCC[C@]4(C)C3CC[C@@]21C. The molecule has 0 aromatic rings. The van der Waals surface area contributed by atoms with Crippen molar-refractivity contribution in [2.75, 3.05) is 18.8 Å². The summed E-state index contributed by atoms with van der Waals surface area (Å²) in [4.78, 5) is 36.5. The smallest absolute Gasteiger partial charge is 0.315 e. The largest absolute Gasteiger partial charge is 0.354 e. The number of carbonyl (C=O) groups is 3. The number of fused-ring (bicyclic) bond motifs is 6. The molecule has 11 atom stereocenters. The van der Waals surface area contributed by atoms with Crippen molar-refractivity contribution >= 4 is 29.6 Å². The Morgan fingerprint density at radius 2 is 1.66 bits per heavy atom. The average molecular weight is 629 g/mol. The first-order chi connectivity index (χ1) is 21.2. The second-order valence-electron chi connectivity index (χ2n) is 16.2. The molecule has 6 fully saturated rings. The Kier molecular flexibility index (Phi) is 10.1. The summed E-state index contributed by atoms with van der Waals surface area (Å²) < 4.78 is 0. The first-order valence-corrected chi connectivity index (χ1v) is 19.5. The Morgan fingerprint density at radius 1 is 0.886 bits per heavy atom. The summed E-state index contributed by atoms with van der Waals surface area (Å²) in [5.41, 5.74) is 1.07. The molecule has 6 aliphatic rings. The number of nitrogens with one attached hydrogen (secondary N) is 4. The van der Waals surface area contributed by atoms with Gasteiger partial charge < -0.3 is 21.3 Å². The fraction of sp³-hybridized carbons (Fsp3) is 0.917. The molecular weight excluding hydrogens is 568 g/mol. The Bertz CT molecular complexity index is 1060. The van der Waals surface area contributed by atoms with Crippen molar-refractivity contribution in [3.63, 3.8) is 0 Å². The van der Waals surface area contributed by atoms with Crippen LogP contribution in [0.3, 0.4) is 0 Å². The van der Waals surface area contributed by atoms with Crippen LogP contribution in [0.1, 0.15) is 124 Å². The lowest BCUT2D eigenvalue weighted by Crippen LogP contribution is -2.53. The molecule has 4 aliphatic carbocycles. The summed E-state index contributed by atoms with van der Waals surface area (Å²) in [5.74, 6) is 6.27. The maximum absolute atomic E-state index is 12.7. The highest BCUT2D eigenvalue weighted by atomic mass is 32.2. The van der Waals surface area contributed by atoms with Crippen LogP contribution in [0.2, 0.25) is 0 Å². The highest BCUT2D eigenvalue weighted by molar-refractivity contribution is 8.00. The number of amides is 4. The van der Waals surface area contributed by atoms with E-state index >= 15 is 0 Å². The third kappa shape index (κ3) is 6.53. The van der Waals surface area contributed by atoms with Gasteiger partial charge in [-0.05, 0) is 117 Å². The van der Waals surface area contributed by atoms with Crippen LogP contribution in [0.5, 0.6) is 0 Å². The topological polar surface area (TPSA) is 99.3 Å². The van der Waals surface area contributed by atoms with Crippen LogP contribution in [0.4, 0.5) is 4.79 Å². The van der Waals surface area contributed by atoms with Crippen LogP contribution < -0.4 is 21.3 Å². The lowest BCUT2D eigenvalue weighted by molar-refractivity contribution is -0.123. The Labute approximate surface area is 270 Å². The van der Waals surface area contributed by atoms with E-state index in [4.69, 9.17) is 0 Å². The molecule has 0 radical (unpaired) electrons. The number of thioether (sulfide) groups is 1. The Balaban J connectivity index is 0.852. The minimum atomic E-state index is -0.0458. The van der Waals surface area contributed by atoms with Gasteiger partial charge in [-0.1, -0.05) is 40.0 Å². The minimum absolute atomic E-state index is 0.0458. The van der Waals surface area contributed by atoms with Crippen molar-refractivity contribution in [2.45, 2.75) is 141 Å². The molecule has 0 aromatic heterocycles. The van der Waals surface area contributed by atoms with Crippen LogP contribution in [0.25, 0.3) is 0 Å². The van der Waals surface area contributed by atoms with Gasteiger partial charge in [0.25, 0.3) is 0 Å². The molecule has 248 valence electrons. The van der Waals surface area contributed by atoms with Gasteiger partial charge in [0.2, 0.25) is 11.8 Å². The van der Waals surface area contributed by atoms with Crippen LogP contribution in [-0.4, -0.2) is 54.0 Å². The molecule has 6 rings (SSSR count). The predicted octanol–water partition coefficient (Wildman–Crippen LogP) is 6.41. The summed E-state index contributed by atoms with van der Waals surface area (Å²) in [5, 5.41) is 12.5. The molecule has 0 aromatic carbocycles. The molecule has 44 heavy (non-hydrogen) atoms. The summed E-state index contributed by atoms with van der Waals surface area (Å²) >= 11 is 1.92. The van der Waals surface area contributed by atoms with Crippen LogP contribution in [-0.2, 0) is 9.59 Å². The Hall–Kier alpha value is -1.44. The van der Waals surface area contributed by atoms with Gasteiger partial charge in [-0.3, -0.25) is 9.59 Å². The highest BCUT2D eigenvalue weighted by Gasteiger charge is 2.60. The normalized spacial score (nSPS) is 41.4. The van der Waals surface area contributed by atoms with Crippen molar-refractivity contribution in [1.82, 2.24) is 21.3 Å². The van der Waals surface area contributed by atoms with Gasteiger partial charge in [0.1, 0.15) is 0 Å². The Morgan fingerprint density at radius 3 is 2.48 bits per heavy atom. The van der Waals surface area contributed by atoms with Gasteiger partial charge in [-0.15, -0.1) is 0 Å². The molecule has 4 saturated carbocycles. The molecule has 7 unspecified atom stereocenters. The number of hydrogen-bond acceptors (Lipinski definition) is 4. The number of hydrogen-bond donors (Lipinski definition) is 4. The standard InChI is InChI=1S/C36H60N4O3S/c1-23(26-14-15-27-25-13-12-24-8-6-7-18-35(24,2)28(25)17-19-36(26,27)3)11-16-32(42)38-21-20-37-31(41)10-5-4-9-30-33-29(22-44-30)39-34(43)40-33/h23-30,33H,4-22H2,1-3H3,(H,37,41)(H,38,42)(H2,39,40,43)/t23-,24?,25?,26?,27?,28?,29?,30+,33?,35+,36-/m1/s1. The van der Waals surface area contributed by atoms with E-state index in [1.165, 1.54) is 64.2 Å². The van der Waals surface area contributed by atoms with E-state index < -0.39 is 0 Å². The summed E-state index contributed by atoms with van der Waals surface area (Å²) in [6, 6.07) is 0.443. The number of unbranched alkanes of at least 4 members (excludes halogenated alkanes) is 1. The first kappa shape index (κ1) is 32.5. The van der Waals surface area contributed by atoms with E-state index in [1.54, 1.807) is 0 Å². The highest BCUT2D eigenvalue weighted by Crippen LogP contribution is 2.68. The first-order valence-electron chi connectivity index (χ1n) is 18.4. The quantitative estimate of drug-likeness (QED) is 0.148. The van der Waals surface area contributed by atoms with Crippen molar-refractivity contribution < 1.29 is 14.4 Å². The van der Waals surface area contributed by atoms with Gasteiger partial charge in [0, 0.05) is 36.9 Å². The fourth-order valence-electron chi connectivity index (χ4n) is 11.7. The maximum Gasteiger partial charge on any atom is 0.315 e. The van der Waals surface area contributed by atoms with Gasteiger partial charge in [0.15, 0.2) is 0 Å². The average Bonchev–Trinajstić information content (AvgIpc) is 3.67.